The maximum atomic E-state index is 11.1. The second-order valence-corrected chi connectivity index (χ2v) is 4.09. The molecule has 7 heteroatoms. The van der Waals surface area contributed by atoms with Crippen LogP contribution in [0.4, 0.5) is 11.4 Å². The van der Waals surface area contributed by atoms with Crippen LogP contribution in [0.25, 0.3) is 0 Å². The molecule has 0 bridgehead atoms. The molecule has 0 N–H and O–H groups in total. The van der Waals surface area contributed by atoms with Crippen LogP contribution in [-0.4, -0.2) is 38.2 Å². The molecule has 0 unspecified atom stereocenters. The van der Waals surface area contributed by atoms with Gasteiger partial charge in [-0.3, -0.25) is 14.9 Å². The van der Waals surface area contributed by atoms with Crippen molar-refractivity contribution in [1.82, 2.24) is 0 Å². The van der Waals surface area contributed by atoms with Crippen molar-refractivity contribution in [2.24, 2.45) is 0 Å². The molecule has 1 aromatic carbocycles. The monoisotopic (exact) mass is 282 g/mol. The number of methoxy groups -OCH3 is 1. The van der Waals surface area contributed by atoms with E-state index in [0.717, 1.165) is 5.69 Å². The number of esters is 1. The van der Waals surface area contributed by atoms with E-state index in [9.17, 15) is 14.9 Å². The molecular formula is C13H18N2O5. The minimum atomic E-state index is -0.483. The van der Waals surface area contributed by atoms with E-state index >= 15 is 0 Å². The third kappa shape index (κ3) is 4.11. The van der Waals surface area contributed by atoms with Crippen molar-refractivity contribution in [3.63, 3.8) is 0 Å². The number of nitrogens with zero attached hydrogens (tertiary/aromatic N) is 2. The van der Waals surface area contributed by atoms with Crippen LogP contribution < -0.4 is 9.64 Å². The number of anilines is 1. The Morgan fingerprint density at radius 3 is 2.70 bits per heavy atom. The number of hydrogen-bond acceptors (Lipinski definition) is 6. The Morgan fingerprint density at radius 2 is 2.15 bits per heavy atom. The number of ether oxygens (including phenoxy) is 2. The topological polar surface area (TPSA) is 81.9 Å². The van der Waals surface area contributed by atoms with Gasteiger partial charge in [-0.1, -0.05) is 0 Å². The van der Waals surface area contributed by atoms with Crippen molar-refractivity contribution in [3.8, 4) is 5.75 Å². The van der Waals surface area contributed by atoms with Gasteiger partial charge in [-0.25, -0.2) is 0 Å². The first kappa shape index (κ1) is 15.7. The lowest BCUT2D eigenvalue weighted by Gasteiger charge is -2.19. The molecule has 0 fully saturated rings. The number of carbonyl (C=O) groups excluding carboxylic acids is 1. The molecule has 0 aliphatic carbocycles. The lowest BCUT2D eigenvalue weighted by Crippen LogP contribution is -2.21. The highest BCUT2D eigenvalue weighted by Gasteiger charge is 2.16. The summed E-state index contributed by atoms with van der Waals surface area (Å²) >= 11 is 0. The van der Waals surface area contributed by atoms with Crippen molar-refractivity contribution in [2.45, 2.75) is 13.3 Å². The van der Waals surface area contributed by atoms with E-state index < -0.39 is 4.92 Å². The summed E-state index contributed by atoms with van der Waals surface area (Å²) in [6, 6.07) is 4.62. The minimum Gasteiger partial charge on any atom is -0.487 e. The number of hydrogen-bond donors (Lipinski definition) is 0. The predicted octanol–water partition coefficient (Wildman–Crippen LogP) is 1.99. The zero-order valence-corrected chi connectivity index (χ0v) is 11.8. The predicted molar refractivity (Wildman–Crippen MR) is 74.2 cm³/mol. The fourth-order valence-electron chi connectivity index (χ4n) is 1.65. The van der Waals surface area contributed by atoms with Crippen LogP contribution >= 0.6 is 0 Å². The zero-order valence-electron chi connectivity index (χ0n) is 11.8. The fraction of sp³-hybridized carbons (Fsp3) is 0.462. The molecule has 0 aromatic heterocycles. The lowest BCUT2D eigenvalue weighted by molar-refractivity contribution is -0.385. The molecule has 0 spiro atoms. The standard InChI is InChI=1S/C13H18N2O5/c1-4-20-12-9-10(5-6-11(12)15(17)18)14(2)8-7-13(16)19-3/h5-6,9H,4,7-8H2,1-3H3. The third-order valence-corrected chi connectivity index (χ3v) is 2.76. The van der Waals surface area contributed by atoms with Gasteiger partial charge in [0.05, 0.1) is 25.1 Å². The van der Waals surface area contributed by atoms with E-state index in [1.165, 1.54) is 13.2 Å². The van der Waals surface area contributed by atoms with Crippen LogP contribution in [0.2, 0.25) is 0 Å². The van der Waals surface area contributed by atoms with Crippen LogP contribution in [0.1, 0.15) is 13.3 Å². The van der Waals surface area contributed by atoms with Gasteiger partial charge in [-0.15, -0.1) is 0 Å². The molecule has 0 aliphatic rings. The number of nitro groups is 1. The Kier molecular flexibility index (Phi) is 5.76. The van der Waals surface area contributed by atoms with Crippen LogP contribution in [0, 0.1) is 10.1 Å². The van der Waals surface area contributed by atoms with Crippen LogP contribution in [0.3, 0.4) is 0 Å². The van der Waals surface area contributed by atoms with Gasteiger partial charge >= 0.3 is 11.7 Å². The highest BCUT2D eigenvalue weighted by atomic mass is 16.6. The van der Waals surface area contributed by atoms with Crippen LogP contribution in [-0.2, 0) is 9.53 Å². The summed E-state index contributed by atoms with van der Waals surface area (Å²) in [6.07, 6.45) is 0.244. The summed E-state index contributed by atoms with van der Waals surface area (Å²) in [7, 11) is 3.13. The molecule has 0 amide bonds. The average molecular weight is 282 g/mol. The number of benzene rings is 1. The Bertz CT molecular complexity index is 490. The maximum absolute atomic E-state index is 11.1. The smallest absolute Gasteiger partial charge is 0.311 e. The SMILES string of the molecule is CCOc1cc(N(C)CCC(=O)OC)ccc1[N+](=O)[O-]. The number of nitro benzene ring substituents is 1. The normalized spacial score (nSPS) is 9.95. The first-order valence-corrected chi connectivity index (χ1v) is 6.18. The summed E-state index contributed by atoms with van der Waals surface area (Å²) in [5.74, 6) is -0.0799. The van der Waals surface area contributed by atoms with Crippen molar-refractivity contribution in [3.05, 3.63) is 28.3 Å². The van der Waals surface area contributed by atoms with Gasteiger partial charge in [0.1, 0.15) is 0 Å². The Morgan fingerprint density at radius 1 is 1.45 bits per heavy atom. The summed E-state index contributed by atoms with van der Waals surface area (Å²) in [4.78, 5) is 23.3. The van der Waals surface area contributed by atoms with Crippen LogP contribution in [0.15, 0.2) is 18.2 Å². The molecule has 0 saturated carbocycles. The van der Waals surface area contributed by atoms with Gasteiger partial charge in [0, 0.05) is 31.4 Å². The van der Waals surface area contributed by atoms with E-state index in [1.807, 2.05) is 4.90 Å². The van der Waals surface area contributed by atoms with Gasteiger partial charge in [0.25, 0.3) is 0 Å². The van der Waals surface area contributed by atoms with Gasteiger partial charge in [-0.05, 0) is 13.0 Å². The molecule has 1 rings (SSSR count). The molecule has 1 aromatic rings. The summed E-state index contributed by atoms with van der Waals surface area (Å²) in [6.45, 7) is 2.56. The molecule has 7 nitrogen and oxygen atoms in total. The summed E-state index contributed by atoms with van der Waals surface area (Å²) < 4.78 is 9.85. The van der Waals surface area contributed by atoms with Crippen molar-refractivity contribution >= 4 is 17.3 Å². The second-order valence-electron chi connectivity index (χ2n) is 4.09. The number of rotatable bonds is 7. The summed E-state index contributed by atoms with van der Waals surface area (Å²) in [5, 5.41) is 10.9. The first-order valence-electron chi connectivity index (χ1n) is 6.18. The van der Waals surface area contributed by atoms with E-state index in [0.29, 0.717) is 13.2 Å². The summed E-state index contributed by atoms with van der Waals surface area (Å²) in [5.41, 5.74) is 0.667. The largest absolute Gasteiger partial charge is 0.487 e. The molecule has 0 radical (unpaired) electrons. The number of carbonyl (C=O) groups is 1. The maximum Gasteiger partial charge on any atom is 0.311 e. The highest BCUT2D eigenvalue weighted by molar-refractivity contribution is 5.70. The Balaban J connectivity index is 2.87. The minimum absolute atomic E-state index is 0.0723. The van der Waals surface area contributed by atoms with E-state index in [-0.39, 0.29) is 23.8 Å². The van der Waals surface area contributed by atoms with E-state index in [1.54, 1.807) is 26.1 Å². The van der Waals surface area contributed by atoms with Crippen molar-refractivity contribution in [2.75, 3.05) is 32.2 Å². The van der Waals surface area contributed by atoms with E-state index in [2.05, 4.69) is 4.74 Å². The molecule has 0 atom stereocenters. The lowest BCUT2D eigenvalue weighted by atomic mass is 10.2. The molecule has 20 heavy (non-hydrogen) atoms. The van der Waals surface area contributed by atoms with E-state index in [4.69, 9.17) is 4.74 Å². The second kappa shape index (κ2) is 7.32. The van der Waals surface area contributed by atoms with Crippen LogP contribution in [0.5, 0.6) is 5.75 Å². The van der Waals surface area contributed by atoms with Gasteiger partial charge in [0.15, 0.2) is 5.75 Å². The molecule has 0 heterocycles. The van der Waals surface area contributed by atoms with Gasteiger partial charge in [-0.2, -0.15) is 0 Å². The quantitative estimate of drug-likeness (QED) is 0.432. The Hall–Kier alpha value is -2.31. The van der Waals surface area contributed by atoms with Crippen molar-refractivity contribution < 1.29 is 19.2 Å². The molecule has 0 saturated heterocycles. The Labute approximate surface area is 117 Å². The van der Waals surface area contributed by atoms with Gasteiger partial charge in [0.2, 0.25) is 0 Å². The fourth-order valence-corrected chi connectivity index (χ4v) is 1.65. The highest BCUT2D eigenvalue weighted by Crippen LogP contribution is 2.31. The van der Waals surface area contributed by atoms with Gasteiger partial charge < -0.3 is 14.4 Å². The zero-order chi connectivity index (χ0) is 15.1. The van der Waals surface area contributed by atoms with Crippen molar-refractivity contribution in [1.29, 1.82) is 0 Å². The molecule has 0 aliphatic heterocycles. The first-order chi connectivity index (χ1) is 9.49. The average Bonchev–Trinajstić information content (AvgIpc) is 2.44. The third-order valence-electron chi connectivity index (χ3n) is 2.76. The molecular weight excluding hydrogens is 264 g/mol. The molecule has 110 valence electrons.